The fourth-order valence-corrected chi connectivity index (χ4v) is 4.70. The largest absolute Gasteiger partial charge is 0.457 e. The smallest absolute Gasteiger partial charge is 0.267 e. The van der Waals surface area contributed by atoms with E-state index in [9.17, 15) is 8.78 Å². The SMILES string of the molecule is CCCCCc1ccc(Oc2cc(C3CCC(CCC)CC3)ccc2C(F)F)cc1. The Bertz CT molecular complexity index is 761. The Hall–Kier alpha value is -1.90. The summed E-state index contributed by atoms with van der Waals surface area (Å²) in [5, 5.41) is 0. The zero-order chi connectivity index (χ0) is 21.3. The molecule has 0 N–H and O–H groups in total. The molecule has 30 heavy (non-hydrogen) atoms. The molecule has 1 aliphatic carbocycles. The molecule has 0 atom stereocenters. The lowest BCUT2D eigenvalue weighted by Gasteiger charge is -2.29. The predicted molar refractivity (Wildman–Crippen MR) is 121 cm³/mol. The highest BCUT2D eigenvalue weighted by atomic mass is 19.3. The van der Waals surface area contributed by atoms with E-state index in [2.05, 4.69) is 13.8 Å². The van der Waals surface area contributed by atoms with E-state index in [1.807, 2.05) is 36.4 Å². The molecule has 1 nitrogen and oxygen atoms in total. The van der Waals surface area contributed by atoms with E-state index in [0.717, 1.165) is 30.7 Å². The number of benzene rings is 2. The van der Waals surface area contributed by atoms with Crippen molar-refractivity contribution in [3.05, 3.63) is 59.2 Å². The van der Waals surface area contributed by atoms with Gasteiger partial charge in [0.2, 0.25) is 0 Å². The highest BCUT2D eigenvalue weighted by Crippen LogP contribution is 2.41. The van der Waals surface area contributed by atoms with Gasteiger partial charge in [-0.05, 0) is 85.8 Å². The molecule has 0 aromatic heterocycles. The topological polar surface area (TPSA) is 9.23 Å². The third-order valence-electron chi connectivity index (χ3n) is 6.51. The van der Waals surface area contributed by atoms with Crippen molar-refractivity contribution in [2.75, 3.05) is 0 Å². The number of aryl methyl sites for hydroxylation is 1. The van der Waals surface area contributed by atoms with Crippen molar-refractivity contribution in [1.82, 2.24) is 0 Å². The average molecular weight is 415 g/mol. The number of halogens is 2. The van der Waals surface area contributed by atoms with E-state index in [1.54, 1.807) is 6.07 Å². The molecule has 2 aromatic rings. The first-order chi connectivity index (χ1) is 14.6. The minimum Gasteiger partial charge on any atom is -0.457 e. The van der Waals surface area contributed by atoms with Crippen molar-refractivity contribution in [2.24, 2.45) is 5.92 Å². The molecule has 0 aliphatic heterocycles. The monoisotopic (exact) mass is 414 g/mol. The number of hydrogen-bond donors (Lipinski definition) is 0. The van der Waals surface area contributed by atoms with Gasteiger partial charge in [0.1, 0.15) is 11.5 Å². The van der Waals surface area contributed by atoms with E-state index < -0.39 is 6.43 Å². The lowest BCUT2D eigenvalue weighted by atomic mass is 9.77. The molecule has 0 saturated heterocycles. The fourth-order valence-electron chi connectivity index (χ4n) is 4.70. The van der Waals surface area contributed by atoms with Crippen molar-refractivity contribution in [2.45, 2.75) is 90.4 Å². The lowest BCUT2D eigenvalue weighted by molar-refractivity contribution is 0.148. The number of ether oxygens (including phenoxy) is 1. The Morgan fingerprint density at radius 1 is 0.900 bits per heavy atom. The summed E-state index contributed by atoms with van der Waals surface area (Å²) in [4.78, 5) is 0. The van der Waals surface area contributed by atoms with Gasteiger partial charge in [0.05, 0.1) is 5.56 Å². The molecule has 0 amide bonds. The molecule has 164 valence electrons. The normalized spacial score (nSPS) is 19.2. The van der Waals surface area contributed by atoms with Crippen LogP contribution in [0, 0.1) is 5.92 Å². The van der Waals surface area contributed by atoms with Gasteiger partial charge >= 0.3 is 0 Å². The molecule has 1 aliphatic rings. The number of hydrogen-bond acceptors (Lipinski definition) is 1. The summed E-state index contributed by atoms with van der Waals surface area (Å²) in [6.45, 7) is 4.44. The molecule has 0 unspecified atom stereocenters. The Labute approximate surface area is 180 Å². The molecular formula is C27H36F2O. The molecule has 1 fully saturated rings. The lowest BCUT2D eigenvalue weighted by Crippen LogP contribution is -2.13. The van der Waals surface area contributed by atoms with Crippen molar-refractivity contribution in [3.63, 3.8) is 0 Å². The van der Waals surface area contributed by atoms with Crippen LogP contribution in [0.25, 0.3) is 0 Å². The number of alkyl halides is 2. The van der Waals surface area contributed by atoms with Gasteiger partial charge in [0.15, 0.2) is 0 Å². The number of unbranched alkanes of at least 4 members (excludes halogenated alkanes) is 2. The van der Waals surface area contributed by atoms with Crippen LogP contribution < -0.4 is 4.74 Å². The molecule has 0 radical (unpaired) electrons. The maximum absolute atomic E-state index is 13.6. The first-order valence-electron chi connectivity index (χ1n) is 11.8. The standard InChI is InChI=1S/C27H36F2O/c1-3-5-6-8-21-11-16-24(17-12-21)30-26-19-23(15-18-25(26)27(28)29)22-13-9-20(7-4-2)10-14-22/h11-12,15-20,22,27H,3-10,13-14H2,1-2H3. The van der Waals surface area contributed by atoms with Crippen molar-refractivity contribution < 1.29 is 13.5 Å². The van der Waals surface area contributed by atoms with Gasteiger partial charge in [-0.3, -0.25) is 0 Å². The van der Waals surface area contributed by atoms with E-state index >= 15 is 0 Å². The van der Waals surface area contributed by atoms with Crippen LogP contribution in [-0.2, 0) is 6.42 Å². The third-order valence-corrected chi connectivity index (χ3v) is 6.51. The van der Waals surface area contributed by atoms with Crippen LogP contribution in [0.4, 0.5) is 8.78 Å². The first-order valence-corrected chi connectivity index (χ1v) is 11.8. The molecule has 2 aromatic carbocycles. The van der Waals surface area contributed by atoms with Crippen LogP contribution >= 0.6 is 0 Å². The first kappa shape index (κ1) is 22.8. The molecule has 3 heteroatoms. The molecular weight excluding hydrogens is 378 g/mol. The molecule has 0 heterocycles. The van der Waals surface area contributed by atoms with Gasteiger partial charge in [-0.25, -0.2) is 8.78 Å². The van der Waals surface area contributed by atoms with Crippen molar-refractivity contribution in [1.29, 1.82) is 0 Å². The fraction of sp³-hybridized carbons (Fsp3) is 0.556. The van der Waals surface area contributed by atoms with Crippen molar-refractivity contribution in [3.8, 4) is 11.5 Å². The van der Waals surface area contributed by atoms with Gasteiger partial charge in [0, 0.05) is 0 Å². The zero-order valence-electron chi connectivity index (χ0n) is 18.5. The Kier molecular flexibility index (Phi) is 8.72. The van der Waals surface area contributed by atoms with Crippen LogP contribution in [-0.4, -0.2) is 0 Å². The summed E-state index contributed by atoms with van der Waals surface area (Å²) in [6, 6.07) is 13.2. The van der Waals surface area contributed by atoms with Crippen molar-refractivity contribution >= 4 is 0 Å². The van der Waals surface area contributed by atoms with Crippen LogP contribution in [0.3, 0.4) is 0 Å². The highest BCUT2D eigenvalue weighted by molar-refractivity contribution is 5.43. The third kappa shape index (κ3) is 6.30. The van der Waals surface area contributed by atoms with Gasteiger partial charge in [-0.15, -0.1) is 0 Å². The summed E-state index contributed by atoms with van der Waals surface area (Å²) in [7, 11) is 0. The number of rotatable bonds is 10. The molecule has 1 saturated carbocycles. The van der Waals surface area contributed by atoms with Crippen LogP contribution in [0.5, 0.6) is 11.5 Å². The Balaban J connectivity index is 1.70. The van der Waals surface area contributed by atoms with Gasteiger partial charge in [0.25, 0.3) is 6.43 Å². The maximum Gasteiger partial charge on any atom is 0.267 e. The summed E-state index contributed by atoms with van der Waals surface area (Å²) in [6.07, 6.45) is 9.43. The van der Waals surface area contributed by atoms with E-state index in [1.165, 1.54) is 50.5 Å². The zero-order valence-corrected chi connectivity index (χ0v) is 18.5. The van der Waals surface area contributed by atoms with Crippen LogP contribution in [0.15, 0.2) is 42.5 Å². The van der Waals surface area contributed by atoms with E-state index in [4.69, 9.17) is 4.74 Å². The summed E-state index contributed by atoms with van der Waals surface area (Å²) in [5.74, 6) is 2.21. The maximum atomic E-state index is 13.6. The highest BCUT2D eigenvalue weighted by Gasteiger charge is 2.24. The average Bonchev–Trinajstić information content (AvgIpc) is 2.76. The Morgan fingerprint density at radius 2 is 1.63 bits per heavy atom. The van der Waals surface area contributed by atoms with E-state index in [-0.39, 0.29) is 5.56 Å². The van der Waals surface area contributed by atoms with Crippen LogP contribution in [0.2, 0.25) is 0 Å². The predicted octanol–water partition coefficient (Wildman–Crippen LogP) is 9.22. The quantitative estimate of drug-likeness (QED) is 0.352. The minimum absolute atomic E-state index is 0.0227. The molecule has 0 bridgehead atoms. The minimum atomic E-state index is -2.54. The second kappa shape index (κ2) is 11.5. The van der Waals surface area contributed by atoms with Crippen LogP contribution in [0.1, 0.15) is 101 Å². The van der Waals surface area contributed by atoms with Gasteiger partial charge in [-0.1, -0.05) is 57.7 Å². The second-order valence-corrected chi connectivity index (χ2v) is 8.81. The van der Waals surface area contributed by atoms with Gasteiger partial charge in [-0.2, -0.15) is 0 Å². The second-order valence-electron chi connectivity index (χ2n) is 8.81. The summed E-state index contributed by atoms with van der Waals surface area (Å²) >= 11 is 0. The molecule has 0 spiro atoms. The molecule has 3 rings (SSSR count). The summed E-state index contributed by atoms with van der Waals surface area (Å²) < 4.78 is 33.2. The van der Waals surface area contributed by atoms with E-state index in [0.29, 0.717) is 17.4 Å². The summed E-state index contributed by atoms with van der Waals surface area (Å²) in [5.41, 5.74) is 2.38. The van der Waals surface area contributed by atoms with Gasteiger partial charge < -0.3 is 4.74 Å². The Morgan fingerprint density at radius 3 is 2.27 bits per heavy atom.